The Hall–Kier alpha value is -2.37. The Balaban J connectivity index is 1.26. The van der Waals surface area contributed by atoms with Crippen molar-refractivity contribution in [2.24, 2.45) is 23.2 Å². The first kappa shape index (κ1) is 19.3. The van der Waals surface area contributed by atoms with E-state index in [1.807, 2.05) is 18.2 Å². The first-order valence-corrected chi connectivity index (χ1v) is 12.0. The third-order valence-corrected chi connectivity index (χ3v) is 8.87. The van der Waals surface area contributed by atoms with E-state index < -0.39 is 11.4 Å². The Labute approximate surface area is 182 Å². The summed E-state index contributed by atoms with van der Waals surface area (Å²) in [5.41, 5.74) is 1.14. The topological polar surface area (TPSA) is 83.7 Å². The van der Waals surface area contributed by atoms with Crippen LogP contribution in [0.2, 0.25) is 0 Å². The number of hydrogen-bond acceptors (Lipinski definition) is 3. The number of nitrogens with zero attached hydrogens (tertiary/aromatic N) is 2. The number of nitrogens with one attached hydrogen (secondary N) is 1. The molecule has 0 radical (unpaired) electrons. The number of rotatable bonds is 5. The number of carboxylic acid groups (broad SMARTS) is 1. The Kier molecular flexibility index (Phi) is 4.25. The molecular formula is C25H31N3O3. The molecule has 0 unspecified atom stereocenters. The number of carbonyl (C=O) groups excluding carboxylic acids is 1. The largest absolute Gasteiger partial charge is 0.481 e. The second-order valence-electron chi connectivity index (χ2n) is 11.0. The van der Waals surface area contributed by atoms with E-state index in [-0.39, 0.29) is 11.3 Å². The SMILES string of the molecule is O=C(NCC12CC3CC(CC(C3)C1)C2)c1cccc2nc(C3(C(=O)O)CCCC3)cn12. The molecule has 0 spiro atoms. The number of aromatic nitrogens is 2. The summed E-state index contributed by atoms with van der Waals surface area (Å²) in [6, 6.07) is 5.51. The molecule has 2 N–H and O–H groups in total. The van der Waals surface area contributed by atoms with Crippen LogP contribution >= 0.6 is 0 Å². The smallest absolute Gasteiger partial charge is 0.315 e. The number of carboxylic acids is 1. The number of aliphatic carboxylic acids is 1. The predicted octanol–water partition coefficient (Wildman–Crippen LogP) is 4.18. The van der Waals surface area contributed by atoms with Crippen molar-refractivity contribution < 1.29 is 14.7 Å². The molecule has 5 aliphatic rings. The summed E-state index contributed by atoms with van der Waals surface area (Å²) in [5, 5.41) is 13.2. The van der Waals surface area contributed by atoms with E-state index in [4.69, 9.17) is 0 Å². The van der Waals surface area contributed by atoms with Gasteiger partial charge in [-0.05, 0) is 86.7 Å². The molecule has 164 valence electrons. The van der Waals surface area contributed by atoms with E-state index in [1.165, 1.54) is 38.5 Å². The fourth-order valence-electron chi connectivity index (χ4n) is 7.85. The van der Waals surface area contributed by atoms with Gasteiger partial charge >= 0.3 is 5.97 Å². The number of carbonyl (C=O) groups is 2. The first-order valence-electron chi connectivity index (χ1n) is 12.0. The van der Waals surface area contributed by atoms with Crippen LogP contribution in [0.3, 0.4) is 0 Å². The van der Waals surface area contributed by atoms with Crippen LogP contribution in [0.1, 0.15) is 80.4 Å². The second kappa shape index (κ2) is 6.81. The van der Waals surface area contributed by atoms with Crippen molar-refractivity contribution in [1.82, 2.24) is 14.7 Å². The van der Waals surface area contributed by atoms with Crippen molar-refractivity contribution >= 4 is 17.5 Å². The first-order chi connectivity index (χ1) is 15.0. The average molecular weight is 422 g/mol. The normalized spacial score (nSPS) is 33.1. The van der Waals surface area contributed by atoms with Crippen LogP contribution in [-0.4, -0.2) is 32.9 Å². The Morgan fingerprint density at radius 1 is 1.06 bits per heavy atom. The molecule has 5 fully saturated rings. The molecule has 6 heteroatoms. The molecule has 2 heterocycles. The fourth-order valence-corrected chi connectivity index (χ4v) is 7.85. The number of imidazole rings is 1. The van der Waals surface area contributed by atoms with Crippen LogP contribution in [0.15, 0.2) is 24.4 Å². The summed E-state index contributed by atoms with van der Waals surface area (Å²) >= 11 is 0. The van der Waals surface area contributed by atoms with E-state index in [1.54, 1.807) is 10.6 Å². The maximum atomic E-state index is 13.2. The van der Waals surface area contributed by atoms with Gasteiger partial charge in [-0.2, -0.15) is 0 Å². The van der Waals surface area contributed by atoms with Gasteiger partial charge in [0.1, 0.15) is 16.8 Å². The number of amides is 1. The van der Waals surface area contributed by atoms with Crippen LogP contribution in [0, 0.1) is 23.2 Å². The summed E-state index contributed by atoms with van der Waals surface area (Å²) in [6.07, 6.45) is 12.8. The second-order valence-corrected chi connectivity index (χ2v) is 11.0. The van der Waals surface area contributed by atoms with E-state index in [0.29, 0.717) is 29.9 Å². The molecule has 0 atom stereocenters. The molecule has 31 heavy (non-hydrogen) atoms. The van der Waals surface area contributed by atoms with Gasteiger partial charge in [-0.15, -0.1) is 0 Å². The Bertz CT molecular complexity index is 1010. The lowest BCUT2D eigenvalue weighted by molar-refractivity contribution is -0.143. The maximum Gasteiger partial charge on any atom is 0.315 e. The van der Waals surface area contributed by atoms with Gasteiger partial charge in [0.05, 0.1) is 5.69 Å². The maximum absolute atomic E-state index is 13.2. The lowest BCUT2D eigenvalue weighted by Crippen LogP contribution is -2.51. The highest BCUT2D eigenvalue weighted by Gasteiger charge is 2.51. The fraction of sp³-hybridized carbons (Fsp3) is 0.640. The monoisotopic (exact) mass is 421 g/mol. The highest BCUT2D eigenvalue weighted by atomic mass is 16.4. The summed E-state index contributed by atoms with van der Waals surface area (Å²) < 4.78 is 1.79. The van der Waals surface area contributed by atoms with Gasteiger partial charge in [0.25, 0.3) is 5.91 Å². The molecule has 2 aromatic rings. The molecule has 7 rings (SSSR count). The quantitative estimate of drug-likeness (QED) is 0.759. The summed E-state index contributed by atoms with van der Waals surface area (Å²) in [6.45, 7) is 0.756. The summed E-state index contributed by atoms with van der Waals surface area (Å²) in [5.74, 6) is 1.70. The van der Waals surface area contributed by atoms with Crippen LogP contribution in [0.25, 0.3) is 5.65 Å². The zero-order chi connectivity index (χ0) is 21.2. The molecule has 0 saturated heterocycles. The van der Waals surface area contributed by atoms with Gasteiger partial charge in [0, 0.05) is 12.7 Å². The molecule has 2 aromatic heterocycles. The van der Waals surface area contributed by atoms with Gasteiger partial charge in [0.15, 0.2) is 0 Å². The van der Waals surface area contributed by atoms with Crippen molar-refractivity contribution in [2.75, 3.05) is 6.54 Å². The summed E-state index contributed by atoms with van der Waals surface area (Å²) in [4.78, 5) is 30.0. The lowest BCUT2D eigenvalue weighted by Gasteiger charge is -2.56. The van der Waals surface area contributed by atoms with E-state index in [9.17, 15) is 14.7 Å². The molecule has 4 bridgehead atoms. The van der Waals surface area contributed by atoms with Gasteiger partial charge in [-0.25, -0.2) is 4.98 Å². The molecule has 5 aliphatic carbocycles. The molecule has 0 aromatic carbocycles. The number of pyridine rings is 1. The molecule has 1 amide bonds. The molecule has 5 saturated carbocycles. The zero-order valence-corrected chi connectivity index (χ0v) is 18.0. The van der Waals surface area contributed by atoms with Crippen LogP contribution in [0.5, 0.6) is 0 Å². The molecular weight excluding hydrogens is 390 g/mol. The van der Waals surface area contributed by atoms with Crippen LogP contribution in [0.4, 0.5) is 0 Å². The van der Waals surface area contributed by atoms with Crippen molar-refractivity contribution in [3.8, 4) is 0 Å². The Morgan fingerprint density at radius 2 is 1.71 bits per heavy atom. The minimum atomic E-state index is -0.918. The standard InChI is InChI=1S/C25H31N3O3/c29-22(26-15-24-11-16-8-17(12-24)10-18(9-16)13-24)19-4-3-5-21-27-20(14-28(19)21)25(23(30)31)6-1-2-7-25/h3-5,14,16-18H,1-2,6-13,15H2,(H,26,29)(H,30,31). The highest BCUT2D eigenvalue weighted by Crippen LogP contribution is 2.59. The van der Waals surface area contributed by atoms with Crippen molar-refractivity contribution in [2.45, 2.75) is 69.6 Å². The van der Waals surface area contributed by atoms with Crippen molar-refractivity contribution in [3.63, 3.8) is 0 Å². The lowest BCUT2D eigenvalue weighted by atomic mass is 9.49. The van der Waals surface area contributed by atoms with Gasteiger partial charge < -0.3 is 10.4 Å². The molecule has 6 nitrogen and oxygen atoms in total. The van der Waals surface area contributed by atoms with Crippen LogP contribution < -0.4 is 5.32 Å². The van der Waals surface area contributed by atoms with E-state index in [2.05, 4.69) is 10.3 Å². The average Bonchev–Trinajstić information content (AvgIpc) is 3.38. The number of hydrogen-bond donors (Lipinski definition) is 2. The van der Waals surface area contributed by atoms with Crippen molar-refractivity contribution in [1.29, 1.82) is 0 Å². The number of fused-ring (bicyclic) bond motifs is 1. The van der Waals surface area contributed by atoms with Gasteiger partial charge in [-0.3, -0.25) is 14.0 Å². The van der Waals surface area contributed by atoms with Gasteiger partial charge in [-0.1, -0.05) is 18.9 Å². The molecule has 0 aliphatic heterocycles. The van der Waals surface area contributed by atoms with Crippen LogP contribution in [-0.2, 0) is 10.2 Å². The minimum Gasteiger partial charge on any atom is -0.481 e. The third kappa shape index (κ3) is 3.01. The Morgan fingerprint density at radius 3 is 2.32 bits per heavy atom. The predicted molar refractivity (Wildman–Crippen MR) is 116 cm³/mol. The van der Waals surface area contributed by atoms with E-state index in [0.717, 1.165) is 37.1 Å². The van der Waals surface area contributed by atoms with E-state index >= 15 is 0 Å². The van der Waals surface area contributed by atoms with Gasteiger partial charge in [0.2, 0.25) is 0 Å². The minimum absolute atomic E-state index is 0.0823. The van der Waals surface area contributed by atoms with Crippen molar-refractivity contribution in [3.05, 3.63) is 35.8 Å². The third-order valence-electron chi connectivity index (χ3n) is 8.87. The highest BCUT2D eigenvalue weighted by molar-refractivity contribution is 5.93. The summed E-state index contributed by atoms with van der Waals surface area (Å²) in [7, 11) is 0. The zero-order valence-electron chi connectivity index (χ0n) is 18.0.